The van der Waals surface area contributed by atoms with Crippen LogP contribution in [-0.2, 0) is 28.2 Å². The van der Waals surface area contributed by atoms with E-state index in [2.05, 4.69) is 95.4 Å². The van der Waals surface area contributed by atoms with Crippen LogP contribution in [0.15, 0.2) is 109 Å². The van der Waals surface area contributed by atoms with Crippen LogP contribution in [-0.4, -0.2) is 47.3 Å². The number of benzene rings is 4. The largest absolute Gasteiger partial charge is 0.497 e. The van der Waals surface area contributed by atoms with Gasteiger partial charge in [0.1, 0.15) is 17.5 Å². The molecule has 4 aromatic carbocycles. The van der Waals surface area contributed by atoms with Crippen molar-refractivity contribution in [1.29, 1.82) is 0 Å². The summed E-state index contributed by atoms with van der Waals surface area (Å²) in [5, 5.41) is 20.9. The lowest BCUT2D eigenvalue weighted by Crippen LogP contribution is -2.51. The number of aliphatic hydroxyl groups is 1. The molecule has 10 heteroatoms. The summed E-state index contributed by atoms with van der Waals surface area (Å²) in [5.74, 6) is 0.728. The average Bonchev–Trinajstić information content (AvgIpc) is 3.79. The zero-order chi connectivity index (χ0) is 34.3. The van der Waals surface area contributed by atoms with Crippen LogP contribution >= 0.6 is 22.6 Å². The number of hydrogen-bond donors (Lipinski definition) is 1. The number of hydrogen-bond acceptors (Lipinski definition) is 6. The number of aliphatic hydroxyl groups excluding tert-OH is 1. The normalized spacial score (nSPS) is 22.4. The summed E-state index contributed by atoms with van der Waals surface area (Å²) in [6.07, 6.45) is 1.37. The van der Waals surface area contributed by atoms with Gasteiger partial charge < -0.3 is 19.5 Å². The number of aromatic nitrogens is 3. The maximum absolute atomic E-state index is 14.9. The molecule has 0 aliphatic carbocycles. The van der Waals surface area contributed by atoms with Crippen LogP contribution in [0.25, 0.3) is 0 Å². The fourth-order valence-corrected chi connectivity index (χ4v) is 12.5. The third-order valence-electron chi connectivity index (χ3n) is 10.6. The van der Waals surface area contributed by atoms with Gasteiger partial charge >= 0.3 is 0 Å². The van der Waals surface area contributed by atoms with E-state index in [1.54, 1.807) is 11.8 Å². The predicted molar refractivity (Wildman–Crippen MR) is 202 cm³/mol. The van der Waals surface area contributed by atoms with Crippen molar-refractivity contribution in [2.45, 2.75) is 62.9 Å². The molecule has 7 rings (SSSR count). The molecule has 2 aliphatic rings. The first-order chi connectivity index (χ1) is 23.6. The van der Waals surface area contributed by atoms with Crippen molar-refractivity contribution in [2.24, 2.45) is 5.92 Å². The minimum Gasteiger partial charge on any atom is -0.497 e. The second kappa shape index (κ2) is 13.5. The Labute approximate surface area is 302 Å². The highest BCUT2D eigenvalue weighted by atomic mass is 127. The van der Waals surface area contributed by atoms with Gasteiger partial charge in [-0.3, -0.25) is 9.48 Å². The van der Waals surface area contributed by atoms with Gasteiger partial charge in [-0.2, -0.15) is 0 Å². The third-order valence-corrected chi connectivity index (χ3v) is 15.7. The number of methoxy groups -OCH3 is 1. The fraction of sp³-hybridized carbons (Fsp3) is 0.308. The maximum atomic E-state index is 14.9. The van der Waals surface area contributed by atoms with Crippen molar-refractivity contribution in [3.63, 3.8) is 0 Å². The average molecular weight is 785 g/mol. The lowest BCUT2D eigenvalue weighted by molar-refractivity contribution is -0.146. The minimum atomic E-state index is -2.29. The summed E-state index contributed by atoms with van der Waals surface area (Å²) in [5.41, 5.74) is 3.20. The number of nitrogens with zero attached hydrogens (tertiary/aromatic N) is 4. The summed E-state index contributed by atoms with van der Waals surface area (Å²) in [6, 6.07) is 34.4. The van der Waals surface area contributed by atoms with E-state index < -0.39 is 19.8 Å². The van der Waals surface area contributed by atoms with Gasteiger partial charge in [0.25, 0.3) is 5.91 Å². The summed E-state index contributed by atoms with van der Waals surface area (Å²) in [6.45, 7) is 8.02. The number of carbonyl (C=O) groups excluding carboxylic acids is 1. The molecule has 0 bridgehead atoms. The number of rotatable bonds is 10. The van der Waals surface area contributed by atoms with Gasteiger partial charge in [0.15, 0.2) is 5.60 Å². The molecule has 252 valence electrons. The first-order valence-electron chi connectivity index (χ1n) is 16.7. The fourth-order valence-electron chi connectivity index (χ4n) is 8.08. The van der Waals surface area contributed by atoms with E-state index >= 15 is 0 Å². The number of carbonyl (C=O) groups is 1. The first-order valence-corrected chi connectivity index (χ1v) is 20.9. The van der Waals surface area contributed by atoms with Crippen molar-refractivity contribution in [3.05, 3.63) is 135 Å². The topological polar surface area (TPSA) is 89.7 Å². The van der Waals surface area contributed by atoms with E-state index in [0.717, 1.165) is 31.7 Å². The first kappa shape index (κ1) is 33.6. The van der Waals surface area contributed by atoms with Gasteiger partial charge in [-0.05, 0) is 76.0 Å². The maximum Gasteiger partial charge on any atom is 0.264 e. The second-order valence-electron chi connectivity index (χ2n) is 13.7. The Morgan fingerprint density at radius 3 is 2.39 bits per heavy atom. The number of aryl methyl sites for hydroxylation is 1. The predicted octanol–water partition coefficient (Wildman–Crippen LogP) is 6.83. The summed E-state index contributed by atoms with van der Waals surface area (Å²) in [7, 11) is -0.603. The number of para-hydroxylation sites is 1. The van der Waals surface area contributed by atoms with Crippen molar-refractivity contribution in [3.8, 4) is 5.75 Å². The minimum absolute atomic E-state index is 0.000747. The Morgan fingerprint density at radius 1 is 0.980 bits per heavy atom. The molecular weight excluding hydrogens is 743 g/mol. The van der Waals surface area contributed by atoms with Gasteiger partial charge in [-0.15, -0.1) is 5.10 Å². The lowest BCUT2D eigenvalue weighted by atomic mass is 9.82. The molecule has 5 atom stereocenters. The van der Waals surface area contributed by atoms with E-state index in [1.165, 1.54) is 5.19 Å². The van der Waals surface area contributed by atoms with Crippen LogP contribution in [0.5, 0.6) is 5.75 Å². The molecule has 1 N–H and O–H groups in total. The number of halogens is 1. The Balaban J connectivity index is 1.24. The number of amides is 1. The van der Waals surface area contributed by atoms with Crippen molar-refractivity contribution in [1.82, 2.24) is 15.0 Å². The van der Waals surface area contributed by atoms with Crippen molar-refractivity contribution < 1.29 is 19.4 Å². The van der Waals surface area contributed by atoms with E-state index in [1.807, 2.05) is 71.8 Å². The van der Waals surface area contributed by atoms with E-state index in [4.69, 9.17) is 9.47 Å². The Kier molecular flexibility index (Phi) is 9.24. The highest BCUT2D eigenvalue weighted by Gasteiger charge is 2.66. The lowest BCUT2D eigenvalue weighted by Gasteiger charge is -2.37. The zero-order valence-corrected chi connectivity index (χ0v) is 31.3. The highest BCUT2D eigenvalue weighted by molar-refractivity contribution is 14.1. The van der Waals surface area contributed by atoms with Crippen LogP contribution in [0, 0.1) is 9.49 Å². The second-order valence-corrected chi connectivity index (χ2v) is 19.6. The Hall–Kier alpha value is -3.84. The van der Waals surface area contributed by atoms with Crippen LogP contribution in [0.4, 0.5) is 5.69 Å². The monoisotopic (exact) mass is 784 g/mol. The van der Waals surface area contributed by atoms with Gasteiger partial charge in [-0.25, -0.2) is 0 Å². The number of anilines is 1. The van der Waals surface area contributed by atoms with E-state index in [-0.39, 0.29) is 23.5 Å². The molecule has 3 heterocycles. The zero-order valence-electron chi connectivity index (χ0n) is 28.2. The highest BCUT2D eigenvalue weighted by Crippen LogP contribution is 2.60. The van der Waals surface area contributed by atoms with Gasteiger partial charge in [0, 0.05) is 21.6 Å². The van der Waals surface area contributed by atoms with Crippen LogP contribution in [0.3, 0.4) is 0 Å². The molecule has 1 saturated heterocycles. The number of ether oxygens (including phenoxy) is 2. The molecule has 0 radical (unpaired) electrons. The summed E-state index contributed by atoms with van der Waals surface area (Å²) < 4.78 is 15.7. The molecular formula is C39H41IN4O4Si. The van der Waals surface area contributed by atoms with Crippen molar-refractivity contribution in [2.75, 3.05) is 12.0 Å². The van der Waals surface area contributed by atoms with E-state index in [0.29, 0.717) is 25.2 Å². The molecule has 0 unspecified atom stereocenters. The molecule has 1 fully saturated rings. The number of fused-ring (bicyclic) bond motifs is 2. The summed E-state index contributed by atoms with van der Waals surface area (Å²) in [4.78, 5) is 16.9. The molecule has 0 saturated carbocycles. The molecule has 2 aliphatic heterocycles. The molecule has 1 spiro atoms. The molecule has 1 aromatic heterocycles. The molecule has 8 nitrogen and oxygen atoms in total. The third kappa shape index (κ3) is 6.02. The van der Waals surface area contributed by atoms with Gasteiger partial charge in [0.2, 0.25) is 0 Å². The molecule has 49 heavy (non-hydrogen) atoms. The Morgan fingerprint density at radius 2 is 1.67 bits per heavy atom. The quantitative estimate of drug-likeness (QED) is 0.124. The van der Waals surface area contributed by atoms with Gasteiger partial charge in [0.05, 0.1) is 39.7 Å². The smallest absolute Gasteiger partial charge is 0.264 e. The molecule has 1 amide bonds. The SMILES string of the molecule is COc1ccc([Si](C)(C)[C@@H]2[C@@H](CCn3cc([C@@H](O)c4ccccc4)nn3)O[C@]3(C(=O)N(Cc4ccc(I)cc4)c4ccccc43)[C@H]2C)cc1. The van der Waals surface area contributed by atoms with Crippen LogP contribution < -0.4 is 14.8 Å². The van der Waals surface area contributed by atoms with E-state index in [9.17, 15) is 9.90 Å². The standard InChI is InChI=1S/C39H41IN4O4Si/c1-26-37(49(3,4)31-20-18-30(47-2)19-21-31)35(22-23-43-25-33(41-42-43)36(45)28-10-6-5-7-11-28)48-39(26)32-12-8-9-13-34(32)44(38(39)46)24-27-14-16-29(40)17-15-27/h5-21,25-26,35-37,45H,22-24H2,1-4H3/t26-,35+,36-,37-,39+/m0/s1. The molecule has 5 aromatic rings. The van der Waals surface area contributed by atoms with Crippen LogP contribution in [0.2, 0.25) is 18.6 Å². The van der Waals surface area contributed by atoms with Gasteiger partial charge in [-0.1, -0.05) is 103 Å². The van der Waals surface area contributed by atoms with Crippen molar-refractivity contribution >= 4 is 47.4 Å². The summed E-state index contributed by atoms with van der Waals surface area (Å²) >= 11 is 2.31. The van der Waals surface area contributed by atoms with Crippen LogP contribution in [0.1, 0.15) is 41.8 Å². The Bertz CT molecular complexity index is 1930.